The van der Waals surface area contributed by atoms with Crippen LogP contribution in [0.1, 0.15) is 18.7 Å². The molecule has 2 unspecified atom stereocenters. The number of likely N-dealkylation sites (N-methyl/N-ethyl adjacent to an activating group) is 1. The zero-order valence-electron chi connectivity index (χ0n) is 18.7. The van der Waals surface area contributed by atoms with Gasteiger partial charge in [0.25, 0.3) is 0 Å². The second-order valence-electron chi connectivity index (χ2n) is 9.41. The molecule has 6 rings (SSSR count). The maximum atomic E-state index is 5.54. The van der Waals surface area contributed by atoms with E-state index in [0.29, 0.717) is 6.04 Å². The number of benzene rings is 1. The second-order valence-corrected chi connectivity index (χ2v) is 10.3. The topological polar surface area (TPSA) is 44.7 Å². The standard InChI is InChI=1S/C25H31N5OS/c1-28-9-7-19-8-10-30(21(19)15-28)24-23-20(18-5-3-2-4-6-18)17-32-25(23)27-22(26-24)16-29-11-13-31-14-12-29/h2-6,17,19,21H,7-16H2,1H3. The molecule has 3 saturated heterocycles. The quantitative estimate of drug-likeness (QED) is 0.605. The first-order valence-electron chi connectivity index (χ1n) is 11.8. The zero-order valence-corrected chi connectivity index (χ0v) is 19.6. The molecule has 0 saturated carbocycles. The summed E-state index contributed by atoms with van der Waals surface area (Å²) < 4.78 is 5.54. The average Bonchev–Trinajstić information content (AvgIpc) is 3.44. The van der Waals surface area contributed by atoms with Gasteiger partial charge in [0.2, 0.25) is 0 Å². The van der Waals surface area contributed by atoms with Gasteiger partial charge < -0.3 is 14.5 Å². The molecule has 0 aliphatic carbocycles. The van der Waals surface area contributed by atoms with Crippen molar-refractivity contribution in [2.24, 2.45) is 5.92 Å². The monoisotopic (exact) mass is 449 g/mol. The van der Waals surface area contributed by atoms with Crippen molar-refractivity contribution in [3.05, 3.63) is 41.5 Å². The van der Waals surface area contributed by atoms with E-state index in [0.717, 1.165) is 68.3 Å². The predicted octanol–water partition coefficient (Wildman–Crippen LogP) is 3.72. The summed E-state index contributed by atoms with van der Waals surface area (Å²) in [4.78, 5) is 19.0. The highest BCUT2D eigenvalue weighted by atomic mass is 32.1. The van der Waals surface area contributed by atoms with Crippen LogP contribution in [0.25, 0.3) is 21.3 Å². The molecule has 7 heteroatoms. The number of morpholine rings is 1. The third-order valence-corrected chi connectivity index (χ3v) is 8.22. The molecule has 3 fully saturated rings. The smallest absolute Gasteiger partial charge is 0.146 e. The van der Waals surface area contributed by atoms with Gasteiger partial charge in [0.1, 0.15) is 16.5 Å². The molecule has 0 bridgehead atoms. The molecule has 0 spiro atoms. The van der Waals surface area contributed by atoms with E-state index < -0.39 is 0 Å². The Bertz CT molecular complexity index is 1080. The van der Waals surface area contributed by atoms with Crippen LogP contribution in [0.4, 0.5) is 5.82 Å². The number of hydrogen-bond acceptors (Lipinski definition) is 7. The van der Waals surface area contributed by atoms with Crippen LogP contribution in [0.15, 0.2) is 35.7 Å². The molecule has 3 aromatic rings. The molecule has 3 aliphatic rings. The number of piperidine rings is 1. The van der Waals surface area contributed by atoms with Crippen molar-refractivity contribution in [3.8, 4) is 11.1 Å². The van der Waals surface area contributed by atoms with E-state index in [2.05, 4.69) is 57.5 Å². The number of fused-ring (bicyclic) bond motifs is 2. The lowest BCUT2D eigenvalue weighted by Gasteiger charge is -2.37. The molecule has 2 aromatic heterocycles. The largest absolute Gasteiger partial charge is 0.379 e. The first-order chi connectivity index (χ1) is 15.8. The summed E-state index contributed by atoms with van der Waals surface area (Å²) in [6.07, 6.45) is 2.56. The Morgan fingerprint density at radius 2 is 1.84 bits per heavy atom. The number of aromatic nitrogens is 2. The normalized spacial score (nSPS) is 24.8. The minimum absolute atomic E-state index is 0.548. The van der Waals surface area contributed by atoms with E-state index >= 15 is 0 Å². The summed E-state index contributed by atoms with van der Waals surface area (Å²) in [5.41, 5.74) is 2.52. The summed E-state index contributed by atoms with van der Waals surface area (Å²) in [7, 11) is 2.26. The fourth-order valence-corrected chi connectivity index (χ4v) is 6.56. The number of ether oxygens (including phenoxy) is 1. The molecule has 168 valence electrons. The number of anilines is 1. The van der Waals surface area contributed by atoms with Crippen molar-refractivity contribution < 1.29 is 4.74 Å². The number of hydrogen-bond donors (Lipinski definition) is 0. The van der Waals surface area contributed by atoms with Crippen LogP contribution in [0.3, 0.4) is 0 Å². The van der Waals surface area contributed by atoms with Crippen molar-refractivity contribution in [3.63, 3.8) is 0 Å². The Morgan fingerprint density at radius 3 is 2.69 bits per heavy atom. The Kier molecular flexibility index (Phi) is 5.59. The highest BCUT2D eigenvalue weighted by Crippen LogP contribution is 2.42. The van der Waals surface area contributed by atoms with Gasteiger partial charge in [0.15, 0.2) is 0 Å². The Morgan fingerprint density at radius 1 is 1.03 bits per heavy atom. The van der Waals surface area contributed by atoms with Crippen molar-refractivity contribution in [2.45, 2.75) is 25.4 Å². The number of thiophene rings is 1. The summed E-state index contributed by atoms with van der Waals surface area (Å²) >= 11 is 1.76. The molecular formula is C25H31N5OS. The highest BCUT2D eigenvalue weighted by Gasteiger charge is 2.39. The predicted molar refractivity (Wildman–Crippen MR) is 130 cm³/mol. The van der Waals surface area contributed by atoms with Crippen molar-refractivity contribution in [1.29, 1.82) is 0 Å². The van der Waals surface area contributed by atoms with E-state index in [4.69, 9.17) is 14.7 Å². The molecule has 0 radical (unpaired) electrons. The average molecular weight is 450 g/mol. The molecule has 0 N–H and O–H groups in total. The van der Waals surface area contributed by atoms with Gasteiger partial charge >= 0.3 is 0 Å². The lowest BCUT2D eigenvalue weighted by Crippen LogP contribution is -2.47. The van der Waals surface area contributed by atoms with Crippen LogP contribution < -0.4 is 4.90 Å². The first-order valence-corrected chi connectivity index (χ1v) is 12.7. The fourth-order valence-electron chi connectivity index (χ4n) is 5.60. The van der Waals surface area contributed by atoms with Gasteiger partial charge in [-0.2, -0.15) is 0 Å². The highest BCUT2D eigenvalue weighted by molar-refractivity contribution is 7.17. The minimum Gasteiger partial charge on any atom is -0.379 e. The first kappa shape index (κ1) is 20.5. The van der Waals surface area contributed by atoms with Crippen LogP contribution in [0.2, 0.25) is 0 Å². The number of rotatable bonds is 4. The second kappa shape index (κ2) is 8.71. The third kappa shape index (κ3) is 3.81. The van der Waals surface area contributed by atoms with Crippen LogP contribution in [0.5, 0.6) is 0 Å². The molecule has 2 atom stereocenters. The maximum Gasteiger partial charge on any atom is 0.146 e. The molecule has 1 aromatic carbocycles. The third-order valence-electron chi connectivity index (χ3n) is 7.35. The lowest BCUT2D eigenvalue weighted by molar-refractivity contribution is 0.0331. The van der Waals surface area contributed by atoms with Gasteiger partial charge in [-0.1, -0.05) is 30.3 Å². The lowest BCUT2D eigenvalue weighted by atomic mass is 9.92. The van der Waals surface area contributed by atoms with E-state index in [1.54, 1.807) is 11.3 Å². The molecule has 3 aliphatic heterocycles. The molecule has 5 heterocycles. The van der Waals surface area contributed by atoms with Crippen LogP contribution in [-0.4, -0.2) is 78.8 Å². The van der Waals surface area contributed by atoms with Crippen molar-refractivity contribution in [2.75, 3.05) is 57.9 Å². The van der Waals surface area contributed by atoms with E-state index in [1.807, 2.05) is 0 Å². The Hall–Kier alpha value is -2.06. The number of nitrogens with zero attached hydrogens (tertiary/aromatic N) is 5. The molecule has 32 heavy (non-hydrogen) atoms. The van der Waals surface area contributed by atoms with Gasteiger partial charge in [0.05, 0.1) is 25.1 Å². The molecular weight excluding hydrogens is 418 g/mol. The fraction of sp³-hybridized carbons (Fsp3) is 0.520. The summed E-state index contributed by atoms with van der Waals surface area (Å²) in [6.45, 7) is 7.74. The van der Waals surface area contributed by atoms with Gasteiger partial charge in [0, 0.05) is 43.2 Å². The van der Waals surface area contributed by atoms with Crippen LogP contribution in [-0.2, 0) is 11.3 Å². The van der Waals surface area contributed by atoms with Gasteiger partial charge in [-0.3, -0.25) is 4.90 Å². The minimum atomic E-state index is 0.548. The molecule has 6 nitrogen and oxygen atoms in total. The Labute approximate surface area is 193 Å². The van der Waals surface area contributed by atoms with Gasteiger partial charge in [-0.05, 0) is 37.9 Å². The van der Waals surface area contributed by atoms with E-state index in [-0.39, 0.29) is 0 Å². The van der Waals surface area contributed by atoms with E-state index in [1.165, 1.54) is 35.9 Å². The van der Waals surface area contributed by atoms with E-state index in [9.17, 15) is 0 Å². The molecule has 0 amide bonds. The van der Waals surface area contributed by atoms with Crippen molar-refractivity contribution in [1.82, 2.24) is 19.8 Å². The Balaban J connectivity index is 1.45. The zero-order chi connectivity index (χ0) is 21.5. The summed E-state index contributed by atoms with van der Waals surface area (Å²) in [5, 5.41) is 3.51. The summed E-state index contributed by atoms with van der Waals surface area (Å²) in [6, 6.07) is 11.3. The SMILES string of the molecule is CN1CCC2CCN(c3nc(CN4CCOCC4)nc4scc(-c5ccccc5)c34)C2C1. The van der Waals surface area contributed by atoms with Crippen LogP contribution >= 0.6 is 11.3 Å². The maximum absolute atomic E-state index is 5.54. The number of likely N-dealkylation sites (tertiary alicyclic amines) is 1. The summed E-state index contributed by atoms with van der Waals surface area (Å²) in [5.74, 6) is 2.88. The van der Waals surface area contributed by atoms with Crippen molar-refractivity contribution >= 4 is 27.4 Å². The van der Waals surface area contributed by atoms with Crippen LogP contribution in [0, 0.1) is 5.92 Å². The van der Waals surface area contributed by atoms with Gasteiger partial charge in [-0.15, -0.1) is 11.3 Å². The van der Waals surface area contributed by atoms with Gasteiger partial charge in [-0.25, -0.2) is 9.97 Å².